The van der Waals surface area contributed by atoms with Gasteiger partial charge < -0.3 is 20.7 Å². The number of amides is 3. The smallest absolute Gasteiger partial charge is 0.387 e. The Morgan fingerprint density at radius 1 is 1.08 bits per heavy atom. The topological polar surface area (TPSA) is 79.5 Å². The third-order valence-electron chi connectivity index (χ3n) is 3.14. The van der Waals surface area contributed by atoms with Gasteiger partial charge in [-0.05, 0) is 23.8 Å². The van der Waals surface area contributed by atoms with E-state index in [9.17, 15) is 18.4 Å². The molecule has 0 aliphatic carbocycles. The van der Waals surface area contributed by atoms with Gasteiger partial charge in [0.2, 0.25) is 5.91 Å². The Hall–Kier alpha value is -2.87. The van der Waals surface area contributed by atoms with Gasteiger partial charge in [-0.15, -0.1) is 0 Å². The van der Waals surface area contributed by atoms with Gasteiger partial charge in [-0.2, -0.15) is 8.78 Å². The van der Waals surface area contributed by atoms with Gasteiger partial charge in [0.1, 0.15) is 5.75 Å². The van der Waals surface area contributed by atoms with E-state index in [1.165, 1.54) is 18.2 Å². The van der Waals surface area contributed by atoms with Crippen molar-refractivity contribution in [2.45, 2.75) is 13.2 Å². The summed E-state index contributed by atoms with van der Waals surface area (Å²) in [5, 5.41) is 7.43. The fraction of sp³-hybridized carbons (Fsp3) is 0.176. The highest BCUT2D eigenvalue weighted by atomic mass is 35.5. The number of rotatable bonds is 7. The largest absolute Gasteiger partial charge is 0.433 e. The van der Waals surface area contributed by atoms with Gasteiger partial charge in [0.25, 0.3) is 0 Å². The van der Waals surface area contributed by atoms with Crippen molar-refractivity contribution in [2.24, 2.45) is 0 Å². The summed E-state index contributed by atoms with van der Waals surface area (Å²) in [6.45, 7) is -2.94. The third-order valence-corrected chi connectivity index (χ3v) is 3.43. The summed E-state index contributed by atoms with van der Waals surface area (Å²) in [6.07, 6.45) is 0. The Morgan fingerprint density at radius 2 is 1.81 bits per heavy atom. The number of ether oxygens (including phenoxy) is 1. The molecule has 0 fully saturated rings. The fourth-order valence-corrected chi connectivity index (χ4v) is 2.20. The monoisotopic (exact) mass is 383 g/mol. The summed E-state index contributed by atoms with van der Waals surface area (Å²) in [4.78, 5) is 23.5. The van der Waals surface area contributed by atoms with Crippen molar-refractivity contribution in [2.75, 3.05) is 11.9 Å². The molecule has 0 saturated carbocycles. The quantitative estimate of drug-likeness (QED) is 0.685. The molecule has 0 aliphatic rings. The van der Waals surface area contributed by atoms with Gasteiger partial charge in [0, 0.05) is 12.2 Å². The van der Waals surface area contributed by atoms with Crippen molar-refractivity contribution in [3.05, 3.63) is 59.1 Å². The molecule has 0 radical (unpaired) electrons. The van der Waals surface area contributed by atoms with Gasteiger partial charge in [-0.1, -0.05) is 41.9 Å². The summed E-state index contributed by atoms with van der Waals surface area (Å²) in [6, 6.07) is 12.6. The molecule has 0 unspecified atom stereocenters. The van der Waals surface area contributed by atoms with Gasteiger partial charge in [-0.3, -0.25) is 4.79 Å². The minimum absolute atomic E-state index is 0.0725. The predicted octanol–water partition coefficient (Wildman–Crippen LogP) is 3.38. The zero-order chi connectivity index (χ0) is 18.9. The number of carbonyl (C=O) groups is 2. The molecule has 2 aromatic carbocycles. The standard InChI is InChI=1S/C17H16ClF2N3O3/c18-13-8-12(6-7-14(13)26-16(19)20)23-15(24)10-22-17(25)21-9-11-4-2-1-3-5-11/h1-8,16H,9-10H2,(H,23,24)(H2,21,22,25). The van der Waals surface area contributed by atoms with Crippen LogP contribution in [0.25, 0.3) is 0 Å². The molecule has 3 amide bonds. The highest BCUT2D eigenvalue weighted by Gasteiger charge is 2.11. The van der Waals surface area contributed by atoms with Crippen molar-refractivity contribution in [3.63, 3.8) is 0 Å². The molecule has 0 heterocycles. The maximum absolute atomic E-state index is 12.2. The predicted molar refractivity (Wildman–Crippen MR) is 93.4 cm³/mol. The van der Waals surface area contributed by atoms with Crippen LogP contribution in [0.5, 0.6) is 5.75 Å². The first-order chi connectivity index (χ1) is 12.4. The zero-order valence-electron chi connectivity index (χ0n) is 13.5. The zero-order valence-corrected chi connectivity index (χ0v) is 14.2. The molecule has 6 nitrogen and oxygen atoms in total. The summed E-state index contributed by atoms with van der Waals surface area (Å²) >= 11 is 5.79. The van der Waals surface area contributed by atoms with Crippen LogP contribution in [0.2, 0.25) is 5.02 Å². The summed E-state index contributed by atoms with van der Waals surface area (Å²) in [7, 11) is 0. The van der Waals surface area contributed by atoms with Gasteiger partial charge in [0.05, 0.1) is 11.6 Å². The van der Waals surface area contributed by atoms with Crippen LogP contribution in [0, 0.1) is 0 Å². The molecule has 138 valence electrons. The average molecular weight is 384 g/mol. The SMILES string of the molecule is O=C(CNC(=O)NCc1ccccc1)Nc1ccc(OC(F)F)c(Cl)c1. The van der Waals surface area contributed by atoms with E-state index in [1.54, 1.807) is 0 Å². The van der Waals surface area contributed by atoms with E-state index in [2.05, 4.69) is 20.7 Å². The second-order valence-electron chi connectivity index (χ2n) is 5.09. The number of urea groups is 1. The van der Waals surface area contributed by atoms with Crippen LogP contribution in [0.3, 0.4) is 0 Å². The van der Waals surface area contributed by atoms with Crippen LogP contribution >= 0.6 is 11.6 Å². The first-order valence-electron chi connectivity index (χ1n) is 7.54. The normalized spacial score (nSPS) is 10.3. The number of nitrogens with one attached hydrogen (secondary N) is 3. The lowest BCUT2D eigenvalue weighted by atomic mass is 10.2. The summed E-state index contributed by atoms with van der Waals surface area (Å²) < 4.78 is 28.5. The molecule has 0 spiro atoms. The second-order valence-corrected chi connectivity index (χ2v) is 5.50. The van der Waals surface area contributed by atoms with Crippen molar-refractivity contribution < 1.29 is 23.1 Å². The molecular weight excluding hydrogens is 368 g/mol. The van der Waals surface area contributed by atoms with E-state index in [1.807, 2.05) is 30.3 Å². The highest BCUT2D eigenvalue weighted by Crippen LogP contribution is 2.28. The van der Waals surface area contributed by atoms with Crippen LogP contribution in [0.1, 0.15) is 5.56 Å². The van der Waals surface area contributed by atoms with Gasteiger partial charge >= 0.3 is 12.6 Å². The molecule has 0 saturated heterocycles. The maximum Gasteiger partial charge on any atom is 0.387 e. The average Bonchev–Trinajstić information content (AvgIpc) is 2.61. The lowest BCUT2D eigenvalue weighted by Crippen LogP contribution is -2.39. The Labute approximate surface area is 153 Å². The van der Waals surface area contributed by atoms with E-state index in [0.29, 0.717) is 6.54 Å². The number of hydrogen-bond donors (Lipinski definition) is 3. The molecule has 2 aromatic rings. The second kappa shape index (κ2) is 9.57. The molecule has 26 heavy (non-hydrogen) atoms. The fourth-order valence-electron chi connectivity index (χ4n) is 1.98. The molecular formula is C17H16ClF2N3O3. The minimum atomic E-state index is -2.99. The van der Waals surface area contributed by atoms with Crippen LogP contribution < -0.4 is 20.7 Å². The van der Waals surface area contributed by atoms with Crippen molar-refractivity contribution in [3.8, 4) is 5.75 Å². The van der Waals surface area contributed by atoms with E-state index >= 15 is 0 Å². The lowest BCUT2D eigenvalue weighted by molar-refractivity contribution is -0.115. The number of hydrogen-bond acceptors (Lipinski definition) is 3. The molecule has 0 aromatic heterocycles. The van der Waals surface area contributed by atoms with Gasteiger partial charge in [-0.25, -0.2) is 4.79 Å². The lowest BCUT2D eigenvalue weighted by Gasteiger charge is -2.10. The molecule has 9 heteroatoms. The number of halogens is 3. The number of anilines is 1. The number of benzene rings is 2. The first kappa shape index (κ1) is 19.5. The molecule has 3 N–H and O–H groups in total. The number of alkyl halides is 2. The molecule has 2 rings (SSSR count). The Kier molecular flexibility index (Phi) is 7.16. The van der Waals surface area contributed by atoms with Crippen molar-refractivity contribution >= 4 is 29.2 Å². The van der Waals surface area contributed by atoms with E-state index < -0.39 is 18.5 Å². The Morgan fingerprint density at radius 3 is 2.46 bits per heavy atom. The summed E-state index contributed by atoms with van der Waals surface area (Å²) in [5.41, 5.74) is 1.21. The van der Waals surface area contributed by atoms with Crippen molar-refractivity contribution in [1.29, 1.82) is 0 Å². The van der Waals surface area contributed by atoms with Crippen LogP contribution in [-0.4, -0.2) is 25.1 Å². The minimum Gasteiger partial charge on any atom is -0.433 e. The van der Waals surface area contributed by atoms with E-state index in [-0.39, 0.29) is 23.0 Å². The van der Waals surface area contributed by atoms with Crippen LogP contribution in [0.15, 0.2) is 48.5 Å². The summed E-state index contributed by atoms with van der Waals surface area (Å²) in [5.74, 6) is -0.698. The van der Waals surface area contributed by atoms with Crippen molar-refractivity contribution in [1.82, 2.24) is 10.6 Å². The Bertz CT molecular complexity index is 760. The number of carbonyl (C=O) groups excluding carboxylic acids is 2. The third kappa shape index (κ3) is 6.56. The van der Waals surface area contributed by atoms with E-state index in [0.717, 1.165) is 5.56 Å². The van der Waals surface area contributed by atoms with Crippen LogP contribution in [0.4, 0.5) is 19.3 Å². The molecule has 0 bridgehead atoms. The molecule has 0 aliphatic heterocycles. The highest BCUT2D eigenvalue weighted by molar-refractivity contribution is 6.32. The first-order valence-corrected chi connectivity index (χ1v) is 7.91. The van der Waals surface area contributed by atoms with Crippen LogP contribution in [-0.2, 0) is 11.3 Å². The van der Waals surface area contributed by atoms with E-state index in [4.69, 9.17) is 11.6 Å². The van der Waals surface area contributed by atoms with Gasteiger partial charge in [0.15, 0.2) is 0 Å². The molecule has 0 atom stereocenters. The maximum atomic E-state index is 12.2. The Balaban J connectivity index is 1.76.